The lowest BCUT2D eigenvalue weighted by Gasteiger charge is -2.26. The summed E-state index contributed by atoms with van der Waals surface area (Å²) in [7, 11) is 1.48. The van der Waals surface area contributed by atoms with Crippen molar-refractivity contribution in [2.45, 2.75) is 17.4 Å². The molecule has 0 radical (unpaired) electrons. The van der Waals surface area contributed by atoms with Gasteiger partial charge in [-0.1, -0.05) is 6.92 Å². The highest BCUT2D eigenvalue weighted by atomic mass is 32.2. The Bertz CT molecular complexity index is 451. The lowest BCUT2D eigenvalue weighted by molar-refractivity contribution is 0.0985. The van der Waals surface area contributed by atoms with Gasteiger partial charge in [0.15, 0.2) is 5.78 Å². The molecule has 5 heteroatoms. The Kier molecular flexibility index (Phi) is 4.56. The molecule has 0 bridgehead atoms. The van der Waals surface area contributed by atoms with E-state index in [0.29, 0.717) is 5.75 Å². The van der Waals surface area contributed by atoms with Gasteiger partial charge in [-0.05, 0) is 12.1 Å². The van der Waals surface area contributed by atoms with Crippen LogP contribution in [0.2, 0.25) is 0 Å². The number of carbonyl (C=O) groups is 1. The van der Waals surface area contributed by atoms with Gasteiger partial charge in [0.25, 0.3) is 0 Å². The van der Waals surface area contributed by atoms with Crippen LogP contribution in [0.25, 0.3) is 0 Å². The maximum atomic E-state index is 13.9. The van der Waals surface area contributed by atoms with E-state index < -0.39 is 5.82 Å². The zero-order chi connectivity index (χ0) is 13.1. The molecule has 1 aliphatic heterocycles. The molecule has 2 atom stereocenters. The first-order valence-corrected chi connectivity index (χ1v) is 7.84. The summed E-state index contributed by atoms with van der Waals surface area (Å²) in [5.74, 6) is 1.83. The molecular formula is C13H15FO2S2. The first-order chi connectivity index (χ1) is 8.63. The zero-order valence-corrected chi connectivity index (χ0v) is 11.9. The van der Waals surface area contributed by atoms with E-state index in [2.05, 4.69) is 0 Å². The highest BCUT2D eigenvalue weighted by Crippen LogP contribution is 2.33. The topological polar surface area (TPSA) is 26.3 Å². The highest BCUT2D eigenvalue weighted by molar-refractivity contribution is 8.07. The van der Waals surface area contributed by atoms with Gasteiger partial charge >= 0.3 is 0 Å². The quantitative estimate of drug-likeness (QED) is 0.797. The van der Waals surface area contributed by atoms with E-state index in [4.69, 9.17) is 4.74 Å². The molecule has 2 rings (SSSR count). The van der Waals surface area contributed by atoms with E-state index in [1.54, 1.807) is 29.6 Å². The van der Waals surface area contributed by atoms with E-state index in [0.717, 1.165) is 11.5 Å². The van der Waals surface area contributed by atoms with Gasteiger partial charge < -0.3 is 4.74 Å². The second-order valence-electron chi connectivity index (χ2n) is 4.08. The van der Waals surface area contributed by atoms with Crippen molar-refractivity contribution in [2.24, 2.45) is 0 Å². The summed E-state index contributed by atoms with van der Waals surface area (Å²) in [6.45, 7) is 2.03. The molecule has 0 aliphatic carbocycles. The standard InChI is InChI=1S/C13H15FO2S2/c1-8-13(18-6-5-17-8)12(15)10-4-3-9(16-2)7-11(10)14/h3-4,7-8,13H,5-6H2,1-2H3. The van der Waals surface area contributed by atoms with Crippen LogP contribution < -0.4 is 4.74 Å². The maximum Gasteiger partial charge on any atom is 0.179 e. The predicted octanol–water partition coefficient (Wildman–Crippen LogP) is 3.25. The lowest BCUT2D eigenvalue weighted by Crippen LogP contribution is -2.31. The van der Waals surface area contributed by atoms with E-state index in [1.807, 2.05) is 6.92 Å². The Labute approximate surface area is 115 Å². The molecule has 1 heterocycles. The van der Waals surface area contributed by atoms with Gasteiger partial charge in [-0.15, -0.1) is 11.8 Å². The smallest absolute Gasteiger partial charge is 0.179 e. The number of benzene rings is 1. The molecule has 0 amide bonds. The minimum atomic E-state index is -0.497. The van der Waals surface area contributed by atoms with Gasteiger partial charge in [0.05, 0.1) is 17.9 Å². The van der Waals surface area contributed by atoms with E-state index in [-0.39, 0.29) is 21.8 Å². The molecule has 1 saturated heterocycles. The van der Waals surface area contributed by atoms with Crippen molar-refractivity contribution in [3.8, 4) is 5.75 Å². The van der Waals surface area contributed by atoms with Crippen molar-refractivity contribution in [3.05, 3.63) is 29.6 Å². The minimum absolute atomic E-state index is 0.111. The Morgan fingerprint density at radius 3 is 2.72 bits per heavy atom. The largest absolute Gasteiger partial charge is 0.497 e. The number of hydrogen-bond donors (Lipinski definition) is 0. The van der Waals surface area contributed by atoms with Gasteiger partial charge in [0, 0.05) is 22.8 Å². The summed E-state index contributed by atoms with van der Waals surface area (Å²) in [5.41, 5.74) is 0.169. The van der Waals surface area contributed by atoms with Crippen LogP contribution in [0.1, 0.15) is 17.3 Å². The number of ether oxygens (including phenoxy) is 1. The first-order valence-electron chi connectivity index (χ1n) is 5.74. The maximum absolute atomic E-state index is 13.9. The summed E-state index contributed by atoms with van der Waals surface area (Å²) in [5, 5.41) is 0.0874. The minimum Gasteiger partial charge on any atom is -0.497 e. The normalized spacial score (nSPS) is 23.7. The molecule has 1 aliphatic rings. The lowest BCUT2D eigenvalue weighted by atomic mass is 10.1. The fourth-order valence-corrected chi connectivity index (χ4v) is 4.61. The Morgan fingerprint density at radius 2 is 2.11 bits per heavy atom. The summed E-state index contributed by atoms with van der Waals surface area (Å²) in [4.78, 5) is 12.3. The predicted molar refractivity (Wildman–Crippen MR) is 75.4 cm³/mol. The molecule has 1 aromatic carbocycles. The molecule has 0 N–H and O–H groups in total. The summed E-state index contributed by atoms with van der Waals surface area (Å²) in [6.07, 6.45) is 0. The third-order valence-electron chi connectivity index (χ3n) is 2.89. The molecule has 1 aromatic rings. The van der Waals surface area contributed by atoms with Crippen molar-refractivity contribution in [2.75, 3.05) is 18.6 Å². The fraction of sp³-hybridized carbons (Fsp3) is 0.462. The van der Waals surface area contributed by atoms with Crippen LogP contribution in [0.3, 0.4) is 0 Å². The molecule has 0 aromatic heterocycles. The molecule has 2 nitrogen and oxygen atoms in total. The van der Waals surface area contributed by atoms with Gasteiger partial charge in [-0.3, -0.25) is 4.79 Å². The molecule has 2 unspecified atom stereocenters. The Morgan fingerprint density at radius 1 is 1.39 bits per heavy atom. The monoisotopic (exact) mass is 286 g/mol. The summed E-state index contributed by atoms with van der Waals surface area (Å²) < 4.78 is 18.8. The average molecular weight is 286 g/mol. The number of thioether (sulfide) groups is 2. The van der Waals surface area contributed by atoms with Gasteiger partial charge in [-0.2, -0.15) is 11.8 Å². The van der Waals surface area contributed by atoms with Gasteiger partial charge in [0.1, 0.15) is 11.6 Å². The molecule has 98 valence electrons. The molecular weight excluding hydrogens is 271 g/mol. The van der Waals surface area contributed by atoms with Crippen molar-refractivity contribution in [3.63, 3.8) is 0 Å². The summed E-state index contributed by atoms with van der Waals surface area (Å²) >= 11 is 3.40. The zero-order valence-electron chi connectivity index (χ0n) is 10.3. The van der Waals surface area contributed by atoms with Crippen LogP contribution in [-0.2, 0) is 0 Å². The average Bonchev–Trinajstić information content (AvgIpc) is 2.38. The van der Waals surface area contributed by atoms with E-state index in [9.17, 15) is 9.18 Å². The van der Waals surface area contributed by atoms with Crippen LogP contribution in [-0.4, -0.2) is 34.9 Å². The molecule has 1 fully saturated rings. The van der Waals surface area contributed by atoms with Gasteiger partial charge in [0.2, 0.25) is 0 Å². The SMILES string of the molecule is COc1ccc(C(=O)C2SCCSC2C)c(F)c1. The molecule has 18 heavy (non-hydrogen) atoms. The van der Waals surface area contributed by atoms with Crippen molar-refractivity contribution in [1.29, 1.82) is 0 Å². The Balaban J connectivity index is 2.22. The van der Waals surface area contributed by atoms with Crippen LogP contribution in [0.15, 0.2) is 18.2 Å². The van der Waals surface area contributed by atoms with Crippen molar-refractivity contribution in [1.82, 2.24) is 0 Å². The van der Waals surface area contributed by atoms with Gasteiger partial charge in [-0.25, -0.2) is 4.39 Å². The van der Waals surface area contributed by atoms with E-state index >= 15 is 0 Å². The fourth-order valence-electron chi connectivity index (χ4n) is 1.90. The van der Waals surface area contributed by atoms with E-state index in [1.165, 1.54) is 19.2 Å². The molecule has 0 spiro atoms. The third kappa shape index (κ3) is 2.83. The first kappa shape index (κ1) is 13.7. The number of rotatable bonds is 3. The second-order valence-corrected chi connectivity index (χ2v) is 6.81. The Hall–Kier alpha value is -0.680. The number of methoxy groups -OCH3 is 1. The van der Waals surface area contributed by atoms with Crippen LogP contribution in [0, 0.1) is 5.82 Å². The summed E-state index contributed by atoms with van der Waals surface area (Å²) in [6, 6.07) is 4.41. The van der Waals surface area contributed by atoms with Crippen LogP contribution >= 0.6 is 23.5 Å². The third-order valence-corrected chi connectivity index (χ3v) is 5.98. The highest BCUT2D eigenvalue weighted by Gasteiger charge is 2.31. The number of halogens is 1. The van der Waals surface area contributed by atoms with Crippen molar-refractivity contribution >= 4 is 29.3 Å². The van der Waals surface area contributed by atoms with Crippen LogP contribution in [0.4, 0.5) is 4.39 Å². The number of hydrogen-bond acceptors (Lipinski definition) is 4. The van der Waals surface area contributed by atoms with Crippen molar-refractivity contribution < 1.29 is 13.9 Å². The second kappa shape index (κ2) is 5.97. The number of Topliss-reactive ketones (excluding diaryl/α,β-unsaturated/α-hetero) is 1. The molecule has 0 saturated carbocycles. The number of ketones is 1. The number of carbonyl (C=O) groups excluding carboxylic acids is 1. The van der Waals surface area contributed by atoms with Crippen LogP contribution in [0.5, 0.6) is 5.75 Å².